The summed E-state index contributed by atoms with van der Waals surface area (Å²) in [7, 11) is 0. The number of aryl methyl sites for hydroxylation is 1. The maximum absolute atomic E-state index is 11.6. The van der Waals surface area contributed by atoms with Crippen molar-refractivity contribution in [3.63, 3.8) is 0 Å². The topological polar surface area (TPSA) is 56.2 Å². The Kier molecular flexibility index (Phi) is 1.48. The zero-order valence-corrected chi connectivity index (χ0v) is 7.98. The van der Waals surface area contributed by atoms with E-state index in [1.807, 2.05) is 12.1 Å². The highest BCUT2D eigenvalue weighted by molar-refractivity contribution is 6.03. The molecule has 4 heteroatoms. The molecule has 1 aromatic carbocycles. The van der Waals surface area contributed by atoms with Crippen LogP contribution in [0.3, 0.4) is 0 Å². The van der Waals surface area contributed by atoms with E-state index in [-0.39, 0.29) is 11.3 Å². The van der Waals surface area contributed by atoms with Crippen molar-refractivity contribution in [2.75, 3.05) is 0 Å². The molecular weight excluding hydrogens is 194 g/mol. The van der Waals surface area contributed by atoms with Gasteiger partial charge in [-0.3, -0.25) is 0 Å². The Balaban J connectivity index is 2.74. The highest BCUT2D eigenvalue weighted by Gasteiger charge is 2.12. The fourth-order valence-corrected chi connectivity index (χ4v) is 1.75. The quantitative estimate of drug-likeness (QED) is 0.559. The minimum Gasteiger partial charge on any atom is -0.400 e. The highest BCUT2D eigenvalue weighted by Crippen LogP contribution is 2.24. The zero-order valence-electron chi connectivity index (χ0n) is 7.98. The second kappa shape index (κ2) is 2.70. The Morgan fingerprint density at radius 1 is 1.20 bits per heavy atom. The maximum atomic E-state index is 11.6. The van der Waals surface area contributed by atoms with Crippen molar-refractivity contribution >= 4 is 21.9 Å². The second-order valence-corrected chi connectivity index (χ2v) is 3.35. The largest absolute Gasteiger partial charge is 0.400 e. The van der Waals surface area contributed by atoms with Crippen LogP contribution in [0.25, 0.3) is 21.9 Å². The van der Waals surface area contributed by atoms with Crippen LogP contribution in [-0.4, -0.2) is 5.16 Å². The van der Waals surface area contributed by atoms with Crippen molar-refractivity contribution in [1.82, 2.24) is 5.16 Å². The first-order valence-electron chi connectivity index (χ1n) is 4.55. The normalized spacial score (nSPS) is 11.3. The molecule has 0 amide bonds. The third-order valence-corrected chi connectivity index (χ3v) is 2.44. The standard InChI is InChI=1S/C11H7NO3/c1-6-9-7-4-2-3-5-8(7)11(13)14-10(9)12-15-6/h2-5H,1H3. The van der Waals surface area contributed by atoms with E-state index < -0.39 is 0 Å². The van der Waals surface area contributed by atoms with E-state index in [0.717, 1.165) is 10.8 Å². The number of hydrogen-bond acceptors (Lipinski definition) is 4. The predicted octanol–water partition coefficient (Wildman–Crippen LogP) is 2.24. The first-order valence-corrected chi connectivity index (χ1v) is 4.55. The number of benzene rings is 1. The van der Waals surface area contributed by atoms with Crippen molar-refractivity contribution in [3.8, 4) is 0 Å². The van der Waals surface area contributed by atoms with Crippen molar-refractivity contribution in [1.29, 1.82) is 0 Å². The minimum absolute atomic E-state index is 0.260. The van der Waals surface area contributed by atoms with E-state index in [1.54, 1.807) is 19.1 Å². The second-order valence-electron chi connectivity index (χ2n) is 3.35. The molecule has 0 radical (unpaired) electrons. The summed E-state index contributed by atoms with van der Waals surface area (Å²) in [6, 6.07) is 7.26. The molecule has 0 aliphatic carbocycles. The molecule has 0 aliphatic heterocycles. The van der Waals surface area contributed by atoms with Gasteiger partial charge in [0.1, 0.15) is 5.76 Å². The number of rotatable bonds is 0. The van der Waals surface area contributed by atoms with Gasteiger partial charge in [0, 0.05) is 5.39 Å². The SMILES string of the molecule is Cc1onc2oc(=O)c3ccccc3c12. The van der Waals surface area contributed by atoms with Crippen LogP contribution in [0.4, 0.5) is 0 Å². The Hall–Kier alpha value is -2.10. The van der Waals surface area contributed by atoms with Gasteiger partial charge in [-0.05, 0) is 18.1 Å². The van der Waals surface area contributed by atoms with Gasteiger partial charge in [-0.15, -0.1) is 0 Å². The summed E-state index contributed by atoms with van der Waals surface area (Å²) in [5, 5.41) is 5.83. The number of fused-ring (bicyclic) bond motifs is 3. The Morgan fingerprint density at radius 2 is 1.93 bits per heavy atom. The van der Waals surface area contributed by atoms with E-state index in [9.17, 15) is 4.79 Å². The number of aromatic nitrogens is 1. The van der Waals surface area contributed by atoms with Gasteiger partial charge in [0.2, 0.25) is 0 Å². The number of hydrogen-bond donors (Lipinski definition) is 0. The lowest BCUT2D eigenvalue weighted by molar-refractivity contribution is 0.389. The van der Waals surface area contributed by atoms with Crippen molar-refractivity contribution in [2.24, 2.45) is 0 Å². The minimum atomic E-state index is -0.383. The van der Waals surface area contributed by atoms with E-state index in [0.29, 0.717) is 11.1 Å². The molecule has 2 aromatic heterocycles. The Morgan fingerprint density at radius 3 is 2.73 bits per heavy atom. The average Bonchev–Trinajstić information content (AvgIpc) is 2.61. The lowest BCUT2D eigenvalue weighted by atomic mass is 10.1. The van der Waals surface area contributed by atoms with Crippen LogP contribution in [0, 0.1) is 6.92 Å². The molecule has 15 heavy (non-hydrogen) atoms. The van der Waals surface area contributed by atoms with Crippen LogP contribution in [0.5, 0.6) is 0 Å². The first kappa shape index (κ1) is 8.23. The highest BCUT2D eigenvalue weighted by atomic mass is 16.5. The molecule has 0 saturated carbocycles. The van der Waals surface area contributed by atoms with Crippen LogP contribution < -0.4 is 5.63 Å². The van der Waals surface area contributed by atoms with Gasteiger partial charge in [0.15, 0.2) is 0 Å². The van der Waals surface area contributed by atoms with Gasteiger partial charge >= 0.3 is 5.63 Å². The van der Waals surface area contributed by atoms with E-state index >= 15 is 0 Å². The predicted molar refractivity (Wildman–Crippen MR) is 54.8 cm³/mol. The van der Waals surface area contributed by atoms with Crippen molar-refractivity contribution in [2.45, 2.75) is 6.92 Å². The van der Waals surface area contributed by atoms with Crippen LogP contribution in [-0.2, 0) is 0 Å². The Labute approximate surface area is 84.1 Å². The fraction of sp³-hybridized carbons (Fsp3) is 0.0909. The molecule has 0 spiro atoms. The molecule has 0 unspecified atom stereocenters. The smallest absolute Gasteiger partial charge is 0.345 e. The third kappa shape index (κ3) is 1.01. The van der Waals surface area contributed by atoms with Gasteiger partial charge in [0.25, 0.3) is 5.71 Å². The lowest BCUT2D eigenvalue weighted by Gasteiger charge is -1.95. The summed E-state index contributed by atoms with van der Waals surface area (Å²) in [5.41, 5.74) is -0.123. The van der Waals surface area contributed by atoms with E-state index in [1.165, 1.54) is 0 Å². The van der Waals surface area contributed by atoms with E-state index in [4.69, 9.17) is 8.94 Å². The monoisotopic (exact) mass is 201 g/mol. The molecule has 74 valence electrons. The van der Waals surface area contributed by atoms with Gasteiger partial charge in [0.05, 0.1) is 10.8 Å². The van der Waals surface area contributed by atoms with Gasteiger partial charge in [-0.2, -0.15) is 0 Å². The third-order valence-electron chi connectivity index (χ3n) is 2.44. The molecular formula is C11H7NO3. The van der Waals surface area contributed by atoms with Gasteiger partial charge < -0.3 is 8.94 Å². The van der Waals surface area contributed by atoms with Crippen molar-refractivity contribution in [3.05, 3.63) is 40.4 Å². The molecule has 0 saturated heterocycles. The molecule has 0 atom stereocenters. The van der Waals surface area contributed by atoms with Gasteiger partial charge in [-0.1, -0.05) is 18.2 Å². The lowest BCUT2D eigenvalue weighted by Crippen LogP contribution is -1.98. The summed E-state index contributed by atoms with van der Waals surface area (Å²) in [4.78, 5) is 11.6. The van der Waals surface area contributed by atoms with Crippen molar-refractivity contribution < 1.29 is 8.94 Å². The fourth-order valence-electron chi connectivity index (χ4n) is 1.75. The van der Waals surface area contributed by atoms with Crippen LogP contribution in [0.1, 0.15) is 5.76 Å². The summed E-state index contributed by atoms with van der Waals surface area (Å²) in [6.07, 6.45) is 0. The van der Waals surface area contributed by atoms with Gasteiger partial charge in [-0.25, -0.2) is 4.79 Å². The molecule has 0 bridgehead atoms. The maximum Gasteiger partial charge on any atom is 0.345 e. The molecule has 0 aliphatic rings. The molecule has 0 fully saturated rings. The summed E-state index contributed by atoms with van der Waals surface area (Å²) < 4.78 is 10.0. The van der Waals surface area contributed by atoms with Crippen LogP contribution in [0.15, 0.2) is 38.0 Å². The van der Waals surface area contributed by atoms with Crippen LogP contribution in [0.2, 0.25) is 0 Å². The molecule has 4 nitrogen and oxygen atoms in total. The van der Waals surface area contributed by atoms with E-state index in [2.05, 4.69) is 5.16 Å². The van der Waals surface area contributed by atoms with Crippen LogP contribution >= 0.6 is 0 Å². The average molecular weight is 201 g/mol. The summed E-state index contributed by atoms with van der Waals surface area (Å²) >= 11 is 0. The summed E-state index contributed by atoms with van der Waals surface area (Å²) in [5.74, 6) is 0.657. The molecule has 2 heterocycles. The molecule has 3 aromatic rings. The molecule has 3 rings (SSSR count). The number of nitrogens with zero attached hydrogens (tertiary/aromatic N) is 1. The first-order chi connectivity index (χ1) is 7.27. The zero-order chi connectivity index (χ0) is 10.4. The Bertz CT molecular complexity index is 708. The summed E-state index contributed by atoms with van der Waals surface area (Å²) in [6.45, 7) is 1.79. The molecule has 0 N–H and O–H groups in total.